The third-order valence-corrected chi connectivity index (χ3v) is 5.06. The fourth-order valence-corrected chi connectivity index (χ4v) is 3.56. The molecule has 1 fully saturated rings. The van der Waals surface area contributed by atoms with E-state index in [9.17, 15) is 4.79 Å². The molecule has 1 heterocycles. The Morgan fingerprint density at radius 3 is 1.48 bits per heavy atom. The van der Waals surface area contributed by atoms with Gasteiger partial charge in [0.2, 0.25) is 0 Å². The predicted molar refractivity (Wildman–Crippen MR) is 97.9 cm³/mol. The van der Waals surface area contributed by atoms with Crippen LogP contribution in [0.2, 0.25) is 0 Å². The van der Waals surface area contributed by atoms with Gasteiger partial charge in [0.15, 0.2) is 0 Å². The zero-order valence-corrected chi connectivity index (χ0v) is 15.2. The van der Waals surface area contributed by atoms with Crippen LogP contribution in [0.4, 0.5) is 0 Å². The molecule has 0 aliphatic carbocycles. The third kappa shape index (κ3) is 13.6. The number of carboxylic acids is 1. The number of nitrogens with zero attached hydrogens (tertiary/aromatic N) is 1. The molecule has 3 nitrogen and oxygen atoms in total. The molecular formula is C20H39NO2. The van der Waals surface area contributed by atoms with E-state index in [0.717, 1.165) is 12.8 Å². The van der Waals surface area contributed by atoms with E-state index in [1.165, 1.54) is 103 Å². The van der Waals surface area contributed by atoms with Gasteiger partial charge >= 0.3 is 5.97 Å². The van der Waals surface area contributed by atoms with Crippen LogP contribution in [0.1, 0.15) is 103 Å². The molecule has 0 aromatic rings. The van der Waals surface area contributed by atoms with Gasteiger partial charge in [0.1, 0.15) is 0 Å². The highest BCUT2D eigenvalue weighted by molar-refractivity contribution is 5.66. The van der Waals surface area contributed by atoms with Gasteiger partial charge in [0.05, 0.1) is 0 Å². The molecular weight excluding hydrogens is 286 g/mol. The molecule has 0 amide bonds. The molecule has 23 heavy (non-hydrogen) atoms. The van der Waals surface area contributed by atoms with Crippen LogP contribution in [0.5, 0.6) is 0 Å². The number of carboxylic acid groups (broad SMARTS) is 1. The van der Waals surface area contributed by atoms with Gasteiger partial charge in [-0.1, -0.05) is 70.6 Å². The number of carbonyl (C=O) groups is 1. The number of rotatable bonds is 16. The number of hydrogen-bond donors (Lipinski definition) is 1. The SMILES string of the molecule is O=C(O)CCCCCCCCCCCCCCCN1CCCC1. The minimum atomic E-state index is -0.652. The Kier molecular flexibility index (Phi) is 13.3. The lowest BCUT2D eigenvalue weighted by atomic mass is 10.0. The van der Waals surface area contributed by atoms with Crippen molar-refractivity contribution in [3.8, 4) is 0 Å². The third-order valence-electron chi connectivity index (χ3n) is 5.06. The van der Waals surface area contributed by atoms with Gasteiger partial charge in [-0.05, 0) is 45.3 Å². The maximum absolute atomic E-state index is 10.4. The molecule has 1 rings (SSSR count). The summed E-state index contributed by atoms with van der Waals surface area (Å²) in [6.07, 6.45) is 20.2. The zero-order valence-electron chi connectivity index (χ0n) is 15.2. The van der Waals surface area contributed by atoms with E-state index >= 15 is 0 Å². The molecule has 1 aliphatic heterocycles. The first-order valence-electron chi connectivity index (χ1n) is 10.2. The topological polar surface area (TPSA) is 40.5 Å². The predicted octanol–water partition coefficient (Wildman–Crippen LogP) is 5.63. The van der Waals surface area contributed by atoms with Gasteiger partial charge in [-0.2, -0.15) is 0 Å². The Balaban J connectivity index is 1.66. The summed E-state index contributed by atoms with van der Waals surface area (Å²) in [6, 6.07) is 0. The molecule has 0 atom stereocenters. The summed E-state index contributed by atoms with van der Waals surface area (Å²) in [5, 5.41) is 8.55. The minimum absolute atomic E-state index is 0.345. The van der Waals surface area contributed by atoms with Crippen LogP contribution in [-0.2, 0) is 4.79 Å². The second-order valence-corrected chi connectivity index (χ2v) is 7.29. The Bertz CT molecular complexity index is 275. The van der Waals surface area contributed by atoms with Crippen LogP contribution in [0.3, 0.4) is 0 Å². The smallest absolute Gasteiger partial charge is 0.303 e. The minimum Gasteiger partial charge on any atom is -0.481 e. The number of aliphatic carboxylic acids is 1. The number of likely N-dealkylation sites (tertiary alicyclic amines) is 1. The van der Waals surface area contributed by atoms with E-state index in [-0.39, 0.29) is 0 Å². The second kappa shape index (κ2) is 15.0. The molecule has 3 heteroatoms. The van der Waals surface area contributed by atoms with Gasteiger partial charge in [0, 0.05) is 6.42 Å². The van der Waals surface area contributed by atoms with Gasteiger partial charge in [0.25, 0.3) is 0 Å². The lowest BCUT2D eigenvalue weighted by Gasteiger charge is -2.13. The summed E-state index contributed by atoms with van der Waals surface area (Å²) >= 11 is 0. The molecule has 0 spiro atoms. The first-order chi connectivity index (χ1) is 11.3. The lowest BCUT2D eigenvalue weighted by Crippen LogP contribution is -2.20. The molecule has 136 valence electrons. The molecule has 0 bridgehead atoms. The quantitative estimate of drug-likeness (QED) is 0.374. The molecule has 0 aromatic heterocycles. The lowest BCUT2D eigenvalue weighted by molar-refractivity contribution is -0.137. The van der Waals surface area contributed by atoms with Crippen molar-refractivity contribution in [2.24, 2.45) is 0 Å². The van der Waals surface area contributed by atoms with E-state index in [4.69, 9.17) is 5.11 Å². The molecule has 0 saturated carbocycles. The van der Waals surface area contributed by atoms with Gasteiger partial charge in [-0.15, -0.1) is 0 Å². The highest BCUT2D eigenvalue weighted by Gasteiger charge is 2.09. The Morgan fingerprint density at radius 1 is 0.652 bits per heavy atom. The van der Waals surface area contributed by atoms with Crippen LogP contribution in [-0.4, -0.2) is 35.6 Å². The van der Waals surface area contributed by atoms with Crippen molar-refractivity contribution >= 4 is 5.97 Å². The standard InChI is InChI=1S/C20H39NO2/c22-20(23)16-12-10-8-6-4-2-1-3-5-7-9-11-13-17-21-18-14-15-19-21/h1-19H2,(H,22,23). The van der Waals surface area contributed by atoms with Gasteiger partial charge < -0.3 is 10.0 Å². The maximum Gasteiger partial charge on any atom is 0.303 e. The largest absolute Gasteiger partial charge is 0.481 e. The van der Waals surface area contributed by atoms with E-state index in [1.54, 1.807) is 0 Å². The maximum atomic E-state index is 10.4. The molecule has 1 saturated heterocycles. The van der Waals surface area contributed by atoms with Crippen molar-refractivity contribution in [2.45, 2.75) is 103 Å². The van der Waals surface area contributed by atoms with E-state index < -0.39 is 5.97 Å². The molecule has 1 N–H and O–H groups in total. The van der Waals surface area contributed by atoms with Gasteiger partial charge in [-0.3, -0.25) is 4.79 Å². The molecule has 0 unspecified atom stereocenters. The molecule has 1 aliphatic rings. The summed E-state index contributed by atoms with van der Waals surface area (Å²) in [4.78, 5) is 13.0. The first-order valence-corrected chi connectivity index (χ1v) is 10.2. The second-order valence-electron chi connectivity index (χ2n) is 7.29. The summed E-state index contributed by atoms with van der Waals surface area (Å²) < 4.78 is 0. The summed E-state index contributed by atoms with van der Waals surface area (Å²) in [5.41, 5.74) is 0. The van der Waals surface area contributed by atoms with E-state index in [1.807, 2.05) is 0 Å². The van der Waals surface area contributed by atoms with Crippen molar-refractivity contribution in [2.75, 3.05) is 19.6 Å². The average Bonchev–Trinajstić information content (AvgIpc) is 3.04. The summed E-state index contributed by atoms with van der Waals surface area (Å²) in [6.45, 7) is 4.03. The van der Waals surface area contributed by atoms with Crippen LogP contribution >= 0.6 is 0 Å². The fraction of sp³-hybridized carbons (Fsp3) is 0.950. The highest BCUT2D eigenvalue weighted by atomic mass is 16.4. The van der Waals surface area contributed by atoms with Crippen LogP contribution < -0.4 is 0 Å². The van der Waals surface area contributed by atoms with E-state index in [0.29, 0.717) is 6.42 Å². The van der Waals surface area contributed by atoms with Crippen molar-refractivity contribution in [3.63, 3.8) is 0 Å². The highest BCUT2D eigenvalue weighted by Crippen LogP contribution is 2.14. The normalized spacial score (nSPS) is 15.3. The molecule has 0 aromatic carbocycles. The van der Waals surface area contributed by atoms with Gasteiger partial charge in [-0.25, -0.2) is 0 Å². The van der Waals surface area contributed by atoms with Crippen molar-refractivity contribution in [1.29, 1.82) is 0 Å². The fourth-order valence-electron chi connectivity index (χ4n) is 3.56. The summed E-state index contributed by atoms with van der Waals surface area (Å²) in [7, 11) is 0. The summed E-state index contributed by atoms with van der Waals surface area (Å²) in [5.74, 6) is -0.652. The number of unbranched alkanes of at least 4 members (excludes halogenated alkanes) is 12. The first kappa shape index (κ1) is 20.5. The van der Waals surface area contributed by atoms with Crippen molar-refractivity contribution in [1.82, 2.24) is 4.90 Å². The van der Waals surface area contributed by atoms with Crippen LogP contribution in [0, 0.1) is 0 Å². The Labute approximate surface area is 143 Å². The Morgan fingerprint density at radius 2 is 1.04 bits per heavy atom. The van der Waals surface area contributed by atoms with Crippen LogP contribution in [0.15, 0.2) is 0 Å². The number of hydrogen-bond acceptors (Lipinski definition) is 2. The van der Waals surface area contributed by atoms with Crippen LogP contribution in [0.25, 0.3) is 0 Å². The monoisotopic (exact) mass is 325 g/mol. The van der Waals surface area contributed by atoms with E-state index in [2.05, 4.69) is 4.90 Å². The van der Waals surface area contributed by atoms with Crippen molar-refractivity contribution < 1.29 is 9.90 Å². The Hall–Kier alpha value is -0.570. The zero-order chi connectivity index (χ0) is 16.6. The molecule has 0 radical (unpaired) electrons. The van der Waals surface area contributed by atoms with Crippen molar-refractivity contribution in [3.05, 3.63) is 0 Å². The average molecular weight is 326 g/mol.